The highest BCUT2D eigenvalue weighted by atomic mass is 16.3. The number of hydrogen-bond acceptors (Lipinski definition) is 3. The van der Waals surface area contributed by atoms with Crippen LogP contribution < -0.4 is 10.6 Å². The molecule has 2 amide bonds. The predicted molar refractivity (Wildman–Crippen MR) is 99.1 cm³/mol. The zero-order chi connectivity index (χ0) is 18.4. The molecule has 5 heteroatoms. The van der Waals surface area contributed by atoms with Gasteiger partial charge in [-0.25, -0.2) is 0 Å². The number of nitrogens with one attached hydrogen (secondary N) is 2. The normalized spacial score (nSPS) is 19.7. The standard InChI is InChI=1S/C20H28N2O3/c1-20(2,3)12-19(25)21-16-7-4-14(5-8-16)11-18(24)22-17-9-6-15(10-17)13-23/h4-9,15,17,23H,10-13H2,1-3H3,(H,21,25)(H,22,24)/t15-,17+/m0/s1. The highest BCUT2D eigenvalue weighted by Crippen LogP contribution is 2.20. The summed E-state index contributed by atoms with van der Waals surface area (Å²) in [5.41, 5.74) is 1.58. The Kier molecular flexibility index (Phi) is 6.37. The first kappa shape index (κ1) is 19.2. The van der Waals surface area contributed by atoms with Crippen molar-refractivity contribution in [1.29, 1.82) is 0 Å². The van der Waals surface area contributed by atoms with E-state index in [2.05, 4.69) is 10.6 Å². The summed E-state index contributed by atoms with van der Waals surface area (Å²) >= 11 is 0. The van der Waals surface area contributed by atoms with Crippen LogP contribution in [0.1, 0.15) is 39.2 Å². The molecule has 5 nitrogen and oxygen atoms in total. The van der Waals surface area contributed by atoms with E-state index in [0.717, 1.165) is 17.7 Å². The van der Waals surface area contributed by atoms with Gasteiger partial charge >= 0.3 is 0 Å². The highest BCUT2D eigenvalue weighted by molar-refractivity contribution is 5.91. The number of hydrogen-bond donors (Lipinski definition) is 3. The summed E-state index contributed by atoms with van der Waals surface area (Å²) in [6.45, 7) is 6.19. The minimum atomic E-state index is -0.0498. The molecule has 0 aliphatic heterocycles. The van der Waals surface area contributed by atoms with Crippen molar-refractivity contribution in [3.8, 4) is 0 Å². The maximum Gasteiger partial charge on any atom is 0.224 e. The van der Waals surface area contributed by atoms with Gasteiger partial charge in [-0.1, -0.05) is 45.1 Å². The Bertz CT molecular complexity index is 629. The average molecular weight is 344 g/mol. The van der Waals surface area contributed by atoms with Gasteiger partial charge in [0.15, 0.2) is 0 Å². The fraction of sp³-hybridized carbons (Fsp3) is 0.500. The molecular formula is C20H28N2O3. The molecule has 0 radical (unpaired) electrons. The van der Waals surface area contributed by atoms with Crippen molar-refractivity contribution < 1.29 is 14.7 Å². The number of rotatable bonds is 6. The van der Waals surface area contributed by atoms with E-state index in [0.29, 0.717) is 12.8 Å². The smallest absolute Gasteiger partial charge is 0.224 e. The van der Waals surface area contributed by atoms with Crippen LogP contribution in [0.3, 0.4) is 0 Å². The molecule has 0 saturated heterocycles. The van der Waals surface area contributed by atoms with Crippen molar-refractivity contribution in [2.45, 2.75) is 46.1 Å². The first-order chi connectivity index (χ1) is 11.7. The van der Waals surface area contributed by atoms with E-state index in [9.17, 15) is 9.59 Å². The van der Waals surface area contributed by atoms with Gasteiger partial charge in [0.25, 0.3) is 0 Å². The zero-order valence-electron chi connectivity index (χ0n) is 15.2. The Balaban J connectivity index is 1.81. The van der Waals surface area contributed by atoms with Gasteiger partial charge in [-0.2, -0.15) is 0 Å². The predicted octanol–water partition coefficient (Wildman–Crippen LogP) is 2.66. The van der Waals surface area contributed by atoms with Crippen LogP contribution in [0.25, 0.3) is 0 Å². The lowest BCUT2D eigenvalue weighted by Gasteiger charge is -2.17. The number of amides is 2. The molecule has 1 aliphatic rings. The Hall–Kier alpha value is -2.14. The molecular weight excluding hydrogens is 316 g/mol. The quantitative estimate of drug-likeness (QED) is 0.694. The number of aliphatic hydroxyl groups excluding tert-OH is 1. The van der Waals surface area contributed by atoms with Crippen LogP contribution >= 0.6 is 0 Å². The average Bonchev–Trinajstić information content (AvgIpc) is 2.94. The van der Waals surface area contributed by atoms with Gasteiger partial charge in [0.1, 0.15) is 0 Å². The summed E-state index contributed by atoms with van der Waals surface area (Å²) < 4.78 is 0. The first-order valence-electron chi connectivity index (χ1n) is 8.72. The van der Waals surface area contributed by atoms with Crippen LogP contribution in [0.5, 0.6) is 0 Å². The topological polar surface area (TPSA) is 78.4 Å². The van der Waals surface area contributed by atoms with Gasteiger partial charge in [-0.3, -0.25) is 9.59 Å². The Morgan fingerprint density at radius 1 is 1.12 bits per heavy atom. The van der Waals surface area contributed by atoms with E-state index >= 15 is 0 Å². The molecule has 0 bridgehead atoms. The lowest BCUT2D eigenvalue weighted by Crippen LogP contribution is -2.34. The van der Waals surface area contributed by atoms with Gasteiger partial charge in [-0.05, 0) is 29.5 Å². The van der Waals surface area contributed by atoms with Crippen molar-refractivity contribution in [2.24, 2.45) is 11.3 Å². The molecule has 2 atom stereocenters. The molecule has 0 aromatic heterocycles. The van der Waals surface area contributed by atoms with E-state index in [-0.39, 0.29) is 35.8 Å². The third-order valence-corrected chi connectivity index (χ3v) is 4.05. The van der Waals surface area contributed by atoms with Crippen LogP contribution in [0.2, 0.25) is 0 Å². The molecule has 0 spiro atoms. The largest absolute Gasteiger partial charge is 0.396 e. The second-order valence-electron chi connectivity index (χ2n) is 7.90. The van der Waals surface area contributed by atoms with Crippen LogP contribution in [-0.2, 0) is 16.0 Å². The van der Waals surface area contributed by atoms with Crippen LogP contribution in [0, 0.1) is 11.3 Å². The fourth-order valence-corrected chi connectivity index (χ4v) is 2.85. The molecule has 3 N–H and O–H groups in total. The lowest BCUT2D eigenvalue weighted by atomic mass is 9.92. The fourth-order valence-electron chi connectivity index (χ4n) is 2.85. The number of anilines is 1. The lowest BCUT2D eigenvalue weighted by molar-refractivity contribution is -0.121. The molecule has 0 fully saturated rings. The Labute approximate surface area is 149 Å². The van der Waals surface area contributed by atoms with E-state index in [4.69, 9.17) is 5.11 Å². The summed E-state index contributed by atoms with van der Waals surface area (Å²) in [6, 6.07) is 7.35. The number of carbonyl (C=O) groups is 2. The summed E-state index contributed by atoms with van der Waals surface area (Å²) in [7, 11) is 0. The molecule has 0 heterocycles. The molecule has 1 aliphatic carbocycles. The van der Waals surface area contributed by atoms with Crippen molar-refractivity contribution in [3.63, 3.8) is 0 Å². The van der Waals surface area contributed by atoms with E-state index in [1.807, 2.05) is 57.2 Å². The summed E-state index contributed by atoms with van der Waals surface area (Å²) in [5.74, 6) is 0.0866. The third kappa shape index (κ3) is 6.70. The summed E-state index contributed by atoms with van der Waals surface area (Å²) in [4.78, 5) is 24.0. The minimum absolute atomic E-state index is 0.000564. The maximum atomic E-state index is 12.1. The van der Waals surface area contributed by atoms with Gasteiger partial charge < -0.3 is 15.7 Å². The van der Waals surface area contributed by atoms with E-state index in [1.54, 1.807) is 0 Å². The SMILES string of the molecule is CC(C)(C)CC(=O)Nc1ccc(CC(=O)N[C@@H]2C=C[C@H](CO)C2)cc1. The second-order valence-corrected chi connectivity index (χ2v) is 7.90. The zero-order valence-corrected chi connectivity index (χ0v) is 15.2. The van der Waals surface area contributed by atoms with E-state index in [1.165, 1.54) is 0 Å². The van der Waals surface area contributed by atoms with Gasteiger partial charge in [-0.15, -0.1) is 0 Å². The minimum Gasteiger partial charge on any atom is -0.396 e. The number of aliphatic hydroxyl groups is 1. The molecule has 1 aromatic rings. The van der Waals surface area contributed by atoms with Crippen molar-refractivity contribution in [3.05, 3.63) is 42.0 Å². The number of benzene rings is 1. The van der Waals surface area contributed by atoms with Crippen molar-refractivity contribution in [1.82, 2.24) is 5.32 Å². The Morgan fingerprint density at radius 2 is 1.80 bits per heavy atom. The molecule has 136 valence electrons. The van der Waals surface area contributed by atoms with Gasteiger partial charge in [0.05, 0.1) is 6.42 Å². The van der Waals surface area contributed by atoms with Crippen molar-refractivity contribution >= 4 is 17.5 Å². The Morgan fingerprint density at radius 3 is 2.36 bits per heavy atom. The molecule has 0 unspecified atom stereocenters. The van der Waals surface area contributed by atoms with Crippen LogP contribution in [-0.4, -0.2) is 29.6 Å². The monoisotopic (exact) mass is 344 g/mol. The molecule has 25 heavy (non-hydrogen) atoms. The molecule has 0 saturated carbocycles. The first-order valence-corrected chi connectivity index (χ1v) is 8.72. The second kappa shape index (κ2) is 8.30. The van der Waals surface area contributed by atoms with Crippen LogP contribution in [0.4, 0.5) is 5.69 Å². The summed E-state index contributed by atoms with van der Waals surface area (Å²) in [5, 5.41) is 14.9. The van der Waals surface area contributed by atoms with Gasteiger partial charge in [0.2, 0.25) is 11.8 Å². The highest BCUT2D eigenvalue weighted by Gasteiger charge is 2.20. The summed E-state index contributed by atoms with van der Waals surface area (Å²) in [6.07, 6.45) is 5.39. The van der Waals surface area contributed by atoms with Crippen molar-refractivity contribution in [2.75, 3.05) is 11.9 Å². The van der Waals surface area contributed by atoms with Crippen LogP contribution in [0.15, 0.2) is 36.4 Å². The molecule has 2 rings (SSSR count). The third-order valence-electron chi connectivity index (χ3n) is 4.05. The van der Waals surface area contributed by atoms with Gasteiger partial charge in [0, 0.05) is 30.7 Å². The molecule has 1 aromatic carbocycles. The van der Waals surface area contributed by atoms with E-state index < -0.39 is 0 Å². The number of carbonyl (C=O) groups excluding carboxylic acids is 2. The maximum absolute atomic E-state index is 12.1.